The molecule has 0 aliphatic carbocycles. The monoisotopic (exact) mass is 288 g/mol. The average molecular weight is 288 g/mol. The Kier molecular flexibility index (Phi) is 5.33. The number of benzene rings is 1. The molecule has 0 saturated heterocycles. The summed E-state index contributed by atoms with van der Waals surface area (Å²) in [6.45, 7) is 8.08. The van der Waals surface area contributed by atoms with Crippen molar-refractivity contribution in [3.8, 4) is 5.75 Å². The summed E-state index contributed by atoms with van der Waals surface area (Å²) in [4.78, 5) is 0. The second-order valence-electron chi connectivity index (χ2n) is 5.55. The van der Waals surface area contributed by atoms with Gasteiger partial charge in [0.25, 0.3) is 0 Å². The quantitative estimate of drug-likeness (QED) is 0.850. The third kappa shape index (κ3) is 4.04. The molecule has 2 N–H and O–H groups in total. The van der Waals surface area contributed by atoms with Gasteiger partial charge in [-0.2, -0.15) is 0 Å². The number of nitrogens with zero attached hydrogens (tertiary/aromatic N) is 3. The van der Waals surface area contributed by atoms with Gasteiger partial charge in [0.05, 0.1) is 0 Å². The van der Waals surface area contributed by atoms with Gasteiger partial charge in [0.2, 0.25) is 0 Å². The van der Waals surface area contributed by atoms with E-state index in [1.807, 2.05) is 16.8 Å². The standard InChI is InChI=1S/C16H24N4O/c1-4-13-6-5-7-14(8-13)21-11-16-15(9-17)18-19-20(16)10-12(2)3/h5-8,12H,4,9-11,17H2,1-3H3. The van der Waals surface area contributed by atoms with Crippen LogP contribution in [-0.4, -0.2) is 15.0 Å². The second kappa shape index (κ2) is 7.22. The van der Waals surface area contributed by atoms with E-state index < -0.39 is 0 Å². The third-order valence-electron chi connectivity index (χ3n) is 3.33. The fraction of sp³-hybridized carbons (Fsp3) is 0.500. The Morgan fingerprint density at radius 3 is 2.81 bits per heavy atom. The highest BCUT2D eigenvalue weighted by molar-refractivity contribution is 5.28. The van der Waals surface area contributed by atoms with Crippen LogP contribution in [0.25, 0.3) is 0 Å². The normalized spacial score (nSPS) is 11.1. The fourth-order valence-electron chi connectivity index (χ4n) is 2.18. The minimum atomic E-state index is 0.381. The largest absolute Gasteiger partial charge is 0.487 e. The molecule has 5 heteroatoms. The number of hydrogen-bond acceptors (Lipinski definition) is 4. The molecule has 0 aliphatic heterocycles. The molecular weight excluding hydrogens is 264 g/mol. The molecule has 0 bridgehead atoms. The van der Waals surface area contributed by atoms with E-state index >= 15 is 0 Å². The molecule has 2 aromatic rings. The van der Waals surface area contributed by atoms with E-state index in [0.717, 1.165) is 30.1 Å². The first-order valence-electron chi connectivity index (χ1n) is 7.47. The van der Waals surface area contributed by atoms with Crippen molar-refractivity contribution in [1.29, 1.82) is 0 Å². The predicted octanol–water partition coefficient (Wildman–Crippen LogP) is 2.53. The smallest absolute Gasteiger partial charge is 0.132 e. The van der Waals surface area contributed by atoms with Gasteiger partial charge in [-0.15, -0.1) is 5.10 Å². The van der Waals surface area contributed by atoms with Gasteiger partial charge >= 0.3 is 0 Å². The molecule has 1 aromatic heterocycles. The van der Waals surface area contributed by atoms with Crippen LogP contribution in [0.4, 0.5) is 0 Å². The van der Waals surface area contributed by atoms with Crippen molar-refractivity contribution >= 4 is 0 Å². The number of aromatic nitrogens is 3. The SMILES string of the molecule is CCc1cccc(OCc2c(CN)nnn2CC(C)C)c1. The van der Waals surface area contributed by atoms with E-state index in [4.69, 9.17) is 10.5 Å². The zero-order valence-corrected chi connectivity index (χ0v) is 13.0. The van der Waals surface area contributed by atoms with Gasteiger partial charge in [0.15, 0.2) is 0 Å². The van der Waals surface area contributed by atoms with Crippen LogP contribution in [0.1, 0.15) is 37.7 Å². The maximum Gasteiger partial charge on any atom is 0.132 e. The molecule has 21 heavy (non-hydrogen) atoms. The summed E-state index contributed by atoms with van der Waals surface area (Å²) in [5.41, 5.74) is 8.78. The highest BCUT2D eigenvalue weighted by atomic mass is 16.5. The van der Waals surface area contributed by atoms with Crippen LogP contribution >= 0.6 is 0 Å². The summed E-state index contributed by atoms with van der Waals surface area (Å²) in [6, 6.07) is 8.15. The molecule has 1 aromatic carbocycles. The van der Waals surface area contributed by atoms with Gasteiger partial charge in [0.1, 0.15) is 23.7 Å². The number of hydrogen-bond donors (Lipinski definition) is 1. The van der Waals surface area contributed by atoms with Crippen molar-refractivity contribution in [1.82, 2.24) is 15.0 Å². The molecule has 5 nitrogen and oxygen atoms in total. The Morgan fingerprint density at radius 2 is 2.14 bits per heavy atom. The van der Waals surface area contributed by atoms with Gasteiger partial charge in [-0.25, -0.2) is 4.68 Å². The van der Waals surface area contributed by atoms with E-state index in [0.29, 0.717) is 19.1 Å². The van der Waals surface area contributed by atoms with Crippen LogP contribution in [0.15, 0.2) is 24.3 Å². The van der Waals surface area contributed by atoms with E-state index in [1.165, 1.54) is 5.56 Å². The predicted molar refractivity (Wildman–Crippen MR) is 82.9 cm³/mol. The molecule has 0 radical (unpaired) electrons. The highest BCUT2D eigenvalue weighted by Gasteiger charge is 2.13. The summed E-state index contributed by atoms with van der Waals surface area (Å²) in [5, 5.41) is 8.32. The van der Waals surface area contributed by atoms with Crippen LogP contribution in [0.2, 0.25) is 0 Å². The molecule has 2 rings (SSSR count). The minimum Gasteiger partial charge on any atom is -0.487 e. The van der Waals surface area contributed by atoms with Crippen LogP contribution in [0, 0.1) is 5.92 Å². The van der Waals surface area contributed by atoms with Gasteiger partial charge in [-0.3, -0.25) is 0 Å². The Balaban J connectivity index is 2.12. The lowest BCUT2D eigenvalue weighted by Gasteiger charge is -2.11. The van der Waals surface area contributed by atoms with Crippen molar-refractivity contribution in [3.05, 3.63) is 41.2 Å². The molecule has 0 fully saturated rings. The molecule has 0 saturated carbocycles. The maximum absolute atomic E-state index is 5.90. The third-order valence-corrected chi connectivity index (χ3v) is 3.33. The lowest BCUT2D eigenvalue weighted by atomic mass is 10.2. The van der Waals surface area contributed by atoms with Crippen molar-refractivity contribution in [3.63, 3.8) is 0 Å². The molecule has 0 aliphatic rings. The molecule has 0 amide bonds. The van der Waals surface area contributed by atoms with E-state index in [-0.39, 0.29) is 0 Å². The van der Waals surface area contributed by atoms with Crippen molar-refractivity contribution in [2.45, 2.75) is 46.9 Å². The molecule has 0 unspecified atom stereocenters. The summed E-state index contributed by atoms with van der Waals surface area (Å²) >= 11 is 0. The summed E-state index contributed by atoms with van der Waals surface area (Å²) in [5.74, 6) is 1.37. The summed E-state index contributed by atoms with van der Waals surface area (Å²) in [7, 11) is 0. The fourth-order valence-corrected chi connectivity index (χ4v) is 2.18. The summed E-state index contributed by atoms with van der Waals surface area (Å²) < 4.78 is 7.80. The minimum absolute atomic E-state index is 0.381. The van der Waals surface area contributed by atoms with Crippen LogP contribution in [-0.2, 0) is 26.1 Å². The Hall–Kier alpha value is -1.88. The first-order valence-corrected chi connectivity index (χ1v) is 7.47. The van der Waals surface area contributed by atoms with Gasteiger partial charge in [-0.05, 0) is 30.0 Å². The Morgan fingerprint density at radius 1 is 1.33 bits per heavy atom. The van der Waals surface area contributed by atoms with Gasteiger partial charge in [0, 0.05) is 13.1 Å². The highest BCUT2D eigenvalue weighted by Crippen LogP contribution is 2.17. The summed E-state index contributed by atoms with van der Waals surface area (Å²) in [6.07, 6.45) is 0.998. The van der Waals surface area contributed by atoms with Crippen molar-refractivity contribution < 1.29 is 4.74 Å². The molecule has 0 atom stereocenters. The lowest BCUT2D eigenvalue weighted by molar-refractivity contribution is 0.286. The zero-order valence-electron chi connectivity index (χ0n) is 13.0. The molecule has 114 valence electrons. The van der Waals surface area contributed by atoms with E-state index in [1.54, 1.807) is 0 Å². The average Bonchev–Trinajstić information content (AvgIpc) is 2.86. The van der Waals surface area contributed by atoms with Gasteiger partial charge < -0.3 is 10.5 Å². The topological polar surface area (TPSA) is 66.0 Å². The van der Waals surface area contributed by atoms with E-state index in [9.17, 15) is 0 Å². The first kappa shape index (κ1) is 15.5. The van der Waals surface area contributed by atoms with Crippen LogP contribution < -0.4 is 10.5 Å². The van der Waals surface area contributed by atoms with Crippen molar-refractivity contribution in [2.75, 3.05) is 0 Å². The Labute approximate surface area is 126 Å². The van der Waals surface area contributed by atoms with Crippen molar-refractivity contribution in [2.24, 2.45) is 11.7 Å². The number of ether oxygens (including phenoxy) is 1. The Bertz CT molecular complexity index is 577. The molecular formula is C16H24N4O. The number of aryl methyl sites for hydroxylation is 1. The first-order chi connectivity index (χ1) is 10.1. The second-order valence-corrected chi connectivity index (χ2v) is 5.55. The van der Waals surface area contributed by atoms with Gasteiger partial charge in [-0.1, -0.05) is 38.1 Å². The lowest BCUT2D eigenvalue weighted by Crippen LogP contribution is -2.13. The molecule has 0 spiro atoms. The number of rotatable bonds is 7. The maximum atomic E-state index is 5.90. The number of nitrogens with two attached hydrogens (primary N) is 1. The van der Waals surface area contributed by atoms with E-state index in [2.05, 4.69) is 43.2 Å². The van der Waals surface area contributed by atoms with Crippen LogP contribution in [0.5, 0.6) is 5.75 Å². The molecule has 1 heterocycles. The zero-order chi connectivity index (χ0) is 15.2. The van der Waals surface area contributed by atoms with Crippen LogP contribution in [0.3, 0.4) is 0 Å².